The van der Waals surface area contributed by atoms with E-state index < -0.39 is 16.1 Å². The smallest absolute Gasteiger partial charge is 0.243 e. The van der Waals surface area contributed by atoms with Crippen molar-refractivity contribution in [2.24, 2.45) is 5.73 Å². The fraction of sp³-hybridized carbons (Fsp3) is 0.316. The van der Waals surface area contributed by atoms with E-state index in [1.165, 1.54) is 4.31 Å². The summed E-state index contributed by atoms with van der Waals surface area (Å²) >= 11 is 0. The Balaban J connectivity index is 2.00. The lowest BCUT2D eigenvalue weighted by Gasteiger charge is -2.21. The van der Waals surface area contributed by atoms with Crippen molar-refractivity contribution < 1.29 is 13.2 Å². The van der Waals surface area contributed by atoms with Gasteiger partial charge in [-0.2, -0.15) is 4.31 Å². The third kappa shape index (κ3) is 4.69. The molecule has 1 atom stereocenters. The first-order valence-electron chi connectivity index (χ1n) is 8.38. The van der Waals surface area contributed by atoms with Crippen LogP contribution in [0.2, 0.25) is 0 Å². The number of hydrogen-bond donors (Lipinski definition) is 2. The summed E-state index contributed by atoms with van der Waals surface area (Å²) in [5.41, 5.74) is 7.48. The predicted molar refractivity (Wildman–Crippen MR) is 102 cm³/mol. The SMILES string of the molecule is CC(C)N(C)S(=O)(=O)c1ccc(CNC(=O)C(N)c2ccccc2)cc1. The number of hydrogen-bond acceptors (Lipinski definition) is 4. The van der Waals surface area contributed by atoms with Crippen LogP contribution in [0.3, 0.4) is 0 Å². The van der Waals surface area contributed by atoms with E-state index in [1.54, 1.807) is 43.4 Å². The molecule has 0 aliphatic rings. The van der Waals surface area contributed by atoms with Gasteiger partial charge >= 0.3 is 0 Å². The largest absolute Gasteiger partial charge is 0.350 e. The summed E-state index contributed by atoms with van der Waals surface area (Å²) in [7, 11) is -1.96. The number of nitrogens with one attached hydrogen (secondary N) is 1. The Morgan fingerprint density at radius 2 is 1.65 bits per heavy atom. The fourth-order valence-corrected chi connectivity index (χ4v) is 3.70. The second-order valence-corrected chi connectivity index (χ2v) is 8.36. The summed E-state index contributed by atoms with van der Waals surface area (Å²) in [6.07, 6.45) is 0. The van der Waals surface area contributed by atoms with Gasteiger partial charge in [-0.05, 0) is 37.1 Å². The Labute approximate surface area is 155 Å². The number of sulfonamides is 1. The molecule has 1 amide bonds. The van der Waals surface area contributed by atoms with Crippen molar-refractivity contribution in [2.75, 3.05) is 7.05 Å². The van der Waals surface area contributed by atoms with Crippen molar-refractivity contribution in [3.63, 3.8) is 0 Å². The highest BCUT2D eigenvalue weighted by Crippen LogP contribution is 2.17. The molecule has 0 saturated heterocycles. The first kappa shape index (κ1) is 20.1. The zero-order valence-electron chi connectivity index (χ0n) is 15.2. The molecule has 6 nitrogen and oxygen atoms in total. The van der Waals surface area contributed by atoms with Crippen LogP contribution in [0, 0.1) is 0 Å². The van der Waals surface area contributed by atoms with Crippen LogP contribution in [0.5, 0.6) is 0 Å². The third-order valence-corrected chi connectivity index (χ3v) is 6.28. The molecule has 7 heteroatoms. The lowest BCUT2D eigenvalue weighted by molar-refractivity contribution is -0.122. The summed E-state index contributed by atoms with van der Waals surface area (Å²) in [5, 5.41) is 2.77. The second kappa shape index (κ2) is 8.44. The van der Waals surface area contributed by atoms with Gasteiger partial charge in [0.05, 0.1) is 4.90 Å². The van der Waals surface area contributed by atoms with E-state index >= 15 is 0 Å². The van der Waals surface area contributed by atoms with Gasteiger partial charge in [0.1, 0.15) is 6.04 Å². The highest BCUT2D eigenvalue weighted by atomic mass is 32.2. The maximum atomic E-state index is 12.4. The van der Waals surface area contributed by atoms with E-state index in [-0.39, 0.29) is 23.4 Å². The average Bonchev–Trinajstić information content (AvgIpc) is 2.65. The fourth-order valence-electron chi connectivity index (χ4n) is 2.33. The van der Waals surface area contributed by atoms with Crippen molar-refractivity contribution in [2.45, 2.75) is 37.4 Å². The standard InChI is InChI=1S/C19H25N3O3S/c1-14(2)22(3)26(24,25)17-11-9-15(10-12-17)13-21-19(23)18(20)16-7-5-4-6-8-16/h4-12,14,18H,13,20H2,1-3H3,(H,21,23). The number of carbonyl (C=O) groups excluding carboxylic acids is 1. The number of amides is 1. The van der Waals surface area contributed by atoms with Crippen LogP contribution < -0.4 is 11.1 Å². The first-order valence-corrected chi connectivity index (χ1v) is 9.82. The molecule has 0 bridgehead atoms. The minimum Gasteiger partial charge on any atom is -0.350 e. The van der Waals surface area contributed by atoms with Crippen molar-refractivity contribution in [1.29, 1.82) is 0 Å². The third-order valence-electron chi connectivity index (χ3n) is 4.24. The van der Waals surface area contributed by atoms with Gasteiger partial charge in [-0.15, -0.1) is 0 Å². The Kier molecular flexibility index (Phi) is 6.52. The number of nitrogens with two attached hydrogens (primary N) is 1. The average molecular weight is 375 g/mol. The summed E-state index contributed by atoms with van der Waals surface area (Å²) < 4.78 is 26.2. The summed E-state index contributed by atoms with van der Waals surface area (Å²) in [6, 6.07) is 14.7. The lowest BCUT2D eigenvalue weighted by Crippen LogP contribution is -2.34. The van der Waals surface area contributed by atoms with Crippen LogP contribution in [-0.4, -0.2) is 31.7 Å². The van der Waals surface area contributed by atoms with E-state index in [1.807, 2.05) is 32.0 Å². The zero-order chi connectivity index (χ0) is 19.3. The highest BCUT2D eigenvalue weighted by Gasteiger charge is 2.22. The molecular formula is C19H25N3O3S. The molecule has 0 aliphatic heterocycles. The molecule has 0 saturated carbocycles. The molecular weight excluding hydrogens is 350 g/mol. The van der Waals surface area contributed by atoms with E-state index in [0.717, 1.165) is 11.1 Å². The number of rotatable bonds is 7. The highest BCUT2D eigenvalue weighted by molar-refractivity contribution is 7.89. The number of nitrogens with zero attached hydrogens (tertiary/aromatic N) is 1. The van der Waals surface area contributed by atoms with Crippen LogP contribution >= 0.6 is 0 Å². The molecule has 26 heavy (non-hydrogen) atoms. The van der Waals surface area contributed by atoms with E-state index in [4.69, 9.17) is 5.73 Å². The quantitative estimate of drug-likeness (QED) is 0.774. The van der Waals surface area contributed by atoms with Gasteiger partial charge in [0, 0.05) is 19.6 Å². The lowest BCUT2D eigenvalue weighted by atomic mass is 10.1. The molecule has 3 N–H and O–H groups in total. The number of carbonyl (C=O) groups is 1. The first-order chi connectivity index (χ1) is 12.2. The zero-order valence-corrected chi connectivity index (χ0v) is 16.0. The van der Waals surface area contributed by atoms with Gasteiger partial charge < -0.3 is 11.1 Å². The Morgan fingerprint density at radius 1 is 1.08 bits per heavy atom. The van der Waals surface area contributed by atoms with E-state index in [0.29, 0.717) is 0 Å². The molecule has 2 rings (SSSR count). The Morgan fingerprint density at radius 3 is 2.19 bits per heavy atom. The van der Waals surface area contributed by atoms with Gasteiger partial charge in [0.25, 0.3) is 0 Å². The van der Waals surface area contributed by atoms with Gasteiger partial charge in [-0.25, -0.2) is 8.42 Å². The van der Waals surface area contributed by atoms with E-state index in [2.05, 4.69) is 5.32 Å². The van der Waals surface area contributed by atoms with Gasteiger partial charge in [0.15, 0.2) is 0 Å². The maximum absolute atomic E-state index is 12.4. The molecule has 0 aromatic heterocycles. The molecule has 0 radical (unpaired) electrons. The molecule has 140 valence electrons. The van der Waals surface area contributed by atoms with Crippen LogP contribution in [0.15, 0.2) is 59.5 Å². The van der Waals surface area contributed by atoms with Gasteiger partial charge in [0.2, 0.25) is 15.9 Å². The topological polar surface area (TPSA) is 92.5 Å². The molecule has 0 spiro atoms. The Bertz CT molecular complexity index is 834. The van der Waals surface area contributed by atoms with Gasteiger partial charge in [-0.1, -0.05) is 42.5 Å². The normalized spacial score (nSPS) is 13.0. The predicted octanol–water partition coefficient (Wildman–Crippen LogP) is 2.03. The molecule has 0 aliphatic carbocycles. The van der Waals surface area contributed by atoms with Crippen molar-refractivity contribution in [3.05, 3.63) is 65.7 Å². The number of benzene rings is 2. The summed E-state index contributed by atoms with van der Waals surface area (Å²) in [6.45, 7) is 3.91. The van der Waals surface area contributed by atoms with Crippen LogP contribution in [0.25, 0.3) is 0 Å². The molecule has 2 aromatic carbocycles. The molecule has 2 aromatic rings. The molecule has 0 heterocycles. The molecule has 1 unspecified atom stereocenters. The van der Waals surface area contributed by atoms with Crippen LogP contribution in [0.1, 0.15) is 31.0 Å². The monoisotopic (exact) mass is 375 g/mol. The minimum atomic E-state index is -3.51. The van der Waals surface area contributed by atoms with Crippen molar-refractivity contribution >= 4 is 15.9 Å². The summed E-state index contributed by atoms with van der Waals surface area (Å²) in [4.78, 5) is 12.4. The minimum absolute atomic E-state index is 0.126. The second-order valence-electron chi connectivity index (χ2n) is 6.37. The van der Waals surface area contributed by atoms with Crippen molar-refractivity contribution in [1.82, 2.24) is 9.62 Å². The van der Waals surface area contributed by atoms with Gasteiger partial charge in [-0.3, -0.25) is 4.79 Å². The molecule has 0 fully saturated rings. The summed E-state index contributed by atoms with van der Waals surface area (Å²) in [5.74, 6) is -0.285. The van der Waals surface area contributed by atoms with Crippen molar-refractivity contribution in [3.8, 4) is 0 Å². The Hall–Kier alpha value is -2.22. The maximum Gasteiger partial charge on any atom is 0.243 e. The van der Waals surface area contributed by atoms with Crippen LogP contribution in [0.4, 0.5) is 0 Å². The van der Waals surface area contributed by atoms with E-state index in [9.17, 15) is 13.2 Å². The van der Waals surface area contributed by atoms with Crippen LogP contribution in [-0.2, 0) is 21.4 Å².